The van der Waals surface area contributed by atoms with Crippen LogP contribution in [0.4, 0.5) is 0 Å². The second-order valence-electron chi connectivity index (χ2n) is 9.33. The number of aromatic nitrogens is 2. The van der Waals surface area contributed by atoms with Crippen molar-refractivity contribution in [1.29, 1.82) is 0 Å². The van der Waals surface area contributed by atoms with Gasteiger partial charge in [-0.3, -0.25) is 9.36 Å². The fourth-order valence-electron chi connectivity index (χ4n) is 4.92. The molecule has 0 aliphatic heterocycles. The van der Waals surface area contributed by atoms with Crippen LogP contribution in [0.25, 0.3) is 11.1 Å². The number of nitrogens with one attached hydrogen (secondary N) is 1. The number of benzene rings is 2. The predicted molar refractivity (Wildman–Crippen MR) is 133 cm³/mol. The van der Waals surface area contributed by atoms with Crippen LogP contribution in [0.3, 0.4) is 0 Å². The molecule has 2 N–H and O–H groups in total. The molecule has 3 aromatic rings. The third-order valence-corrected chi connectivity index (χ3v) is 7.09. The van der Waals surface area contributed by atoms with Crippen LogP contribution in [-0.4, -0.2) is 26.4 Å². The zero-order valence-electron chi connectivity index (χ0n) is 19.8. The largest absolute Gasteiger partial charge is 0.478 e. The molecule has 0 spiro atoms. The minimum atomic E-state index is -0.970. The van der Waals surface area contributed by atoms with E-state index in [0.717, 1.165) is 48.9 Å². The number of H-pyrrole nitrogens is 1. The Balaban J connectivity index is 1.68. The molecule has 0 amide bonds. The maximum atomic E-state index is 13.6. The summed E-state index contributed by atoms with van der Waals surface area (Å²) in [5.74, 6) is -0.818. The second-order valence-corrected chi connectivity index (χ2v) is 9.33. The van der Waals surface area contributed by atoms with Crippen LogP contribution in [0.15, 0.2) is 53.3 Å². The Bertz CT molecular complexity index is 1230. The molecule has 1 fully saturated rings. The monoisotopic (exact) mass is 460 g/mol. The highest BCUT2D eigenvalue weighted by Gasteiger charge is 2.30. The van der Waals surface area contributed by atoms with Crippen LogP contribution < -0.4 is 5.69 Å². The average Bonchev–Trinajstić information content (AvgIpc) is 3.19. The summed E-state index contributed by atoms with van der Waals surface area (Å²) in [6.07, 6.45) is 5.89. The van der Waals surface area contributed by atoms with Crippen LogP contribution >= 0.6 is 0 Å². The van der Waals surface area contributed by atoms with E-state index in [1.807, 2.05) is 37.3 Å². The number of imidazole rings is 1. The molecule has 6 nitrogen and oxygen atoms in total. The van der Waals surface area contributed by atoms with Gasteiger partial charge in [-0.05, 0) is 47.9 Å². The van der Waals surface area contributed by atoms with Crippen LogP contribution in [0.5, 0.6) is 0 Å². The van der Waals surface area contributed by atoms with Gasteiger partial charge in [0.25, 0.3) is 0 Å². The van der Waals surface area contributed by atoms with Gasteiger partial charge < -0.3 is 10.1 Å². The first-order chi connectivity index (χ1) is 16.4. The van der Waals surface area contributed by atoms with Crippen molar-refractivity contribution >= 4 is 11.8 Å². The Morgan fingerprint density at radius 2 is 1.74 bits per heavy atom. The standard InChI is InChI=1S/C28H32N2O4/c1-3-18(2)24-25(26(31)21-9-5-4-6-10-21)30(28(34)29-24)17-19-13-15-20(16-14-19)22-11-7-8-12-23(22)27(32)33/h7-8,11-16,18,21H,3-6,9-10,17H2,1-2H3,(H,29,34)(H,32,33). The lowest BCUT2D eigenvalue weighted by Gasteiger charge is -2.22. The number of carboxylic acids is 1. The minimum absolute atomic E-state index is 0.0205. The van der Waals surface area contributed by atoms with E-state index in [0.29, 0.717) is 17.8 Å². The summed E-state index contributed by atoms with van der Waals surface area (Å²) in [6, 6.07) is 14.4. The number of carboxylic acid groups (broad SMARTS) is 1. The first kappa shape index (κ1) is 23.7. The Hall–Kier alpha value is -3.41. The normalized spacial score (nSPS) is 15.2. The fraction of sp³-hybridized carbons (Fsp3) is 0.393. The van der Waals surface area contributed by atoms with Crippen molar-refractivity contribution in [2.24, 2.45) is 5.92 Å². The van der Waals surface area contributed by atoms with E-state index in [4.69, 9.17) is 0 Å². The number of carbonyl (C=O) groups is 2. The molecule has 4 rings (SSSR count). The molecule has 6 heteroatoms. The number of aromatic amines is 1. The quantitative estimate of drug-likeness (QED) is 0.412. The molecule has 1 aliphatic rings. The van der Waals surface area contributed by atoms with Gasteiger partial charge >= 0.3 is 11.7 Å². The second kappa shape index (κ2) is 10.2. The summed E-state index contributed by atoms with van der Waals surface area (Å²) in [4.78, 5) is 41.1. The van der Waals surface area contributed by atoms with Gasteiger partial charge in [-0.1, -0.05) is 75.6 Å². The number of carbonyl (C=O) groups excluding carboxylic acids is 1. The predicted octanol–water partition coefficient (Wildman–Crippen LogP) is 5.87. The topological polar surface area (TPSA) is 92.2 Å². The van der Waals surface area contributed by atoms with Crippen molar-refractivity contribution in [2.75, 3.05) is 0 Å². The van der Waals surface area contributed by atoms with Gasteiger partial charge in [0.15, 0.2) is 5.78 Å². The third kappa shape index (κ3) is 4.76. The number of hydrogen-bond donors (Lipinski definition) is 2. The summed E-state index contributed by atoms with van der Waals surface area (Å²) in [5.41, 5.74) is 3.59. The zero-order chi connectivity index (χ0) is 24.2. The smallest absolute Gasteiger partial charge is 0.336 e. The van der Waals surface area contributed by atoms with E-state index >= 15 is 0 Å². The summed E-state index contributed by atoms with van der Waals surface area (Å²) in [7, 11) is 0. The molecule has 178 valence electrons. The van der Waals surface area contributed by atoms with Crippen molar-refractivity contribution in [1.82, 2.24) is 9.55 Å². The van der Waals surface area contributed by atoms with E-state index in [-0.39, 0.29) is 28.9 Å². The molecule has 0 bridgehead atoms. The molecule has 1 unspecified atom stereocenters. The number of hydrogen-bond acceptors (Lipinski definition) is 3. The van der Waals surface area contributed by atoms with Gasteiger partial charge in [-0.2, -0.15) is 0 Å². The number of aromatic carboxylic acids is 1. The van der Waals surface area contributed by atoms with Crippen molar-refractivity contribution in [3.63, 3.8) is 0 Å². The van der Waals surface area contributed by atoms with Crippen molar-refractivity contribution in [2.45, 2.75) is 64.8 Å². The van der Waals surface area contributed by atoms with E-state index in [9.17, 15) is 19.5 Å². The molecule has 1 saturated carbocycles. The van der Waals surface area contributed by atoms with Crippen LogP contribution in [-0.2, 0) is 6.54 Å². The average molecular weight is 461 g/mol. The maximum Gasteiger partial charge on any atom is 0.336 e. The van der Waals surface area contributed by atoms with Gasteiger partial charge in [0, 0.05) is 11.6 Å². The molecule has 2 aromatic carbocycles. The van der Waals surface area contributed by atoms with E-state index < -0.39 is 5.97 Å². The number of Topliss-reactive ketones (excluding diaryl/α,β-unsaturated/α-hetero) is 1. The molecular formula is C28H32N2O4. The van der Waals surface area contributed by atoms with Crippen LogP contribution in [0.1, 0.15) is 90.4 Å². The minimum Gasteiger partial charge on any atom is -0.478 e. The van der Waals surface area contributed by atoms with E-state index in [1.54, 1.807) is 22.8 Å². The highest BCUT2D eigenvalue weighted by Crippen LogP contribution is 2.30. The maximum absolute atomic E-state index is 13.6. The Labute approximate surface area is 199 Å². The van der Waals surface area contributed by atoms with Crippen LogP contribution in [0.2, 0.25) is 0 Å². The first-order valence-electron chi connectivity index (χ1n) is 12.2. The third-order valence-electron chi connectivity index (χ3n) is 7.09. The van der Waals surface area contributed by atoms with Gasteiger partial charge in [0.2, 0.25) is 0 Å². The van der Waals surface area contributed by atoms with E-state index in [1.165, 1.54) is 6.42 Å². The van der Waals surface area contributed by atoms with Crippen LogP contribution in [0, 0.1) is 5.92 Å². The lowest BCUT2D eigenvalue weighted by Crippen LogP contribution is -2.26. The van der Waals surface area contributed by atoms with Gasteiger partial charge in [0.05, 0.1) is 12.1 Å². The lowest BCUT2D eigenvalue weighted by molar-refractivity contribution is 0.0697. The summed E-state index contributed by atoms with van der Waals surface area (Å²) in [6.45, 7) is 4.39. The highest BCUT2D eigenvalue weighted by atomic mass is 16.4. The Morgan fingerprint density at radius 1 is 1.06 bits per heavy atom. The van der Waals surface area contributed by atoms with Gasteiger partial charge in [-0.15, -0.1) is 0 Å². The number of nitrogens with zero attached hydrogens (tertiary/aromatic N) is 1. The number of ketones is 1. The molecule has 34 heavy (non-hydrogen) atoms. The molecule has 1 heterocycles. The number of rotatable bonds is 8. The summed E-state index contributed by atoms with van der Waals surface area (Å²) < 4.78 is 1.60. The zero-order valence-corrected chi connectivity index (χ0v) is 19.8. The Kier molecular flexibility index (Phi) is 7.15. The SMILES string of the molecule is CCC(C)c1[nH]c(=O)n(Cc2ccc(-c3ccccc3C(=O)O)cc2)c1C(=O)C1CCCCC1. The molecular weight excluding hydrogens is 428 g/mol. The lowest BCUT2D eigenvalue weighted by atomic mass is 9.84. The highest BCUT2D eigenvalue weighted by molar-refractivity contribution is 5.98. The Morgan fingerprint density at radius 3 is 2.38 bits per heavy atom. The van der Waals surface area contributed by atoms with Gasteiger partial charge in [-0.25, -0.2) is 9.59 Å². The molecule has 1 aromatic heterocycles. The molecule has 0 saturated heterocycles. The van der Waals surface area contributed by atoms with Crippen molar-refractivity contribution in [3.8, 4) is 11.1 Å². The fourth-order valence-corrected chi connectivity index (χ4v) is 4.92. The summed E-state index contributed by atoms with van der Waals surface area (Å²) in [5, 5.41) is 9.49. The van der Waals surface area contributed by atoms with Crippen molar-refractivity contribution < 1.29 is 14.7 Å². The van der Waals surface area contributed by atoms with E-state index in [2.05, 4.69) is 11.9 Å². The van der Waals surface area contributed by atoms with Gasteiger partial charge in [0.1, 0.15) is 5.69 Å². The molecule has 1 atom stereocenters. The van der Waals surface area contributed by atoms with Crippen molar-refractivity contribution in [3.05, 3.63) is 81.5 Å². The summed E-state index contributed by atoms with van der Waals surface area (Å²) >= 11 is 0. The molecule has 1 aliphatic carbocycles. The first-order valence-corrected chi connectivity index (χ1v) is 12.2. The molecule has 0 radical (unpaired) electrons.